The van der Waals surface area contributed by atoms with Crippen LogP contribution in [0.4, 0.5) is 0 Å². The highest BCUT2D eigenvalue weighted by Crippen LogP contribution is 2.31. The molecule has 0 radical (unpaired) electrons. The van der Waals surface area contributed by atoms with Crippen LogP contribution in [0, 0.1) is 62.3 Å². The fourth-order valence-corrected chi connectivity index (χ4v) is 8.08. The third-order valence-electron chi connectivity index (χ3n) is 9.72. The number of hydrogen-bond donors (Lipinski definition) is 0. The molecule has 0 atom stereocenters. The summed E-state index contributed by atoms with van der Waals surface area (Å²) in [6.45, 7) is 20.3. The summed E-state index contributed by atoms with van der Waals surface area (Å²) in [5.74, 6) is 0. The average molecular weight is 600 g/mol. The van der Waals surface area contributed by atoms with Crippen molar-refractivity contribution < 1.29 is 0 Å². The normalized spacial score (nSPS) is 11.2. The van der Waals surface area contributed by atoms with E-state index < -0.39 is 0 Å². The van der Waals surface area contributed by atoms with Gasteiger partial charge in [0.05, 0.1) is 17.1 Å². The molecule has 3 aromatic heterocycles. The zero-order valence-electron chi connectivity index (χ0n) is 28.6. The van der Waals surface area contributed by atoms with Crippen molar-refractivity contribution >= 4 is 23.1 Å². The molecule has 0 aliphatic carbocycles. The van der Waals surface area contributed by atoms with Gasteiger partial charge in [-0.15, -0.1) is 0 Å². The van der Waals surface area contributed by atoms with Gasteiger partial charge in [-0.25, -0.2) is 0 Å². The highest BCUT2D eigenvalue weighted by Gasteiger charge is 2.34. The van der Waals surface area contributed by atoms with Gasteiger partial charge in [0, 0.05) is 35.3 Å². The van der Waals surface area contributed by atoms with Gasteiger partial charge in [0.2, 0.25) is 6.71 Å². The van der Waals surface area contributed by atoms with Gasteiger partial charge < -0.3 is 0 Å². The summed E-state index contributed by atoms with van der Waals surface area (Å²) in [7, 11) is 0. The summed E-state index contributed by atoms with van der Waals surface area (Å²) in [6.07, 6.45) is 5.68. The molecule has 0 unspecified atom stereocenters. The Kier molecular flexibility index (Phi) is 8.48. The molecule has 0 spiro atoms. The maximum Gasteiger partial charge on any atom is 0.243 e. The third-order valence-corrected chi connectivity index (χ3v) is 9.72. The molecular formula is C42H42BN3. The second kappa shape index (κ2) is 12.5. The molecule has 0 amide bonds. The fraction of sp³-hybridized carbons (Fsp3) is 0.214. The molecule has 6 aromatic rings. The summed E-state index contributed by atoms with van der Waals surface area (Å²) in [4.78, 5) is 14.5. The maximum atomic E-state index is 4.83. The second-order valence-corrected chi connectivity index (χ2v) is 12.9. The van der Waals surface area contributed by atoms with E-state index in [4.69, 9.17) is 15.0 Å². The van der Waals surface area contributed by atoms with Crippen molar-refractivity contribution in [1.82, 2.24) is 15.0 Å². The molecule has 3 heterocycles. The fourth-order valence-electron chi connectivity index (χ4n) is 8.08. The number of pyridine rings is 3. The van der Waals surface area contributed by atoms with E-state index in [2.05, 4.69) is 117 Å². The summed E-state index contributed by atoms with van der Waals surface area (Å²) in [6, 6.07) is 25.7. The minimum absolute atomic E-state index is 0.0193. The van der Waals surface area contributed by atoms with E-state index in [0.717, 1.165) is 17.1 Å². The van der Waals surface area contributed by atoms with Crippen molar-refractivity contribution in [2.24, 2.45) is 0 Å². The van der Waals surface area contributed by atoms with Crippen LogP contribution in [-0.4, -0.2) is 21.7 Å². The predicted octanol–water partition coefficient (Wildman–Crippen LogP) is 8.16. The molecule has 46 heavy (non-hydrogen) atoms. The summed E-state index contributed by atoms with van der Waals surface area (Å²) < 4.78 is 0. The minimum Gasteiger partial charge on any atom is -0.256 e. The van der Waals surface area contributed by atoms with Crippen LogP contribution in [-0.2, 0) is 0 Å². The number of hydrogen-bond acceptors (Lipinski definition) is 3. The Bertz CT molecular complexity index is 1830. The maximum absolute atomic E-state index is 4.83. The first-order valence-electron chi connectivity index (χ1n) is 16.2. The number of rotatable bonds is 6. The molecule has 0 aliphatic heterocycles. The third kappa shape index (κ3) is 5.36. The van der Waals surface area contributed by atoms with E-state index in [9.17, 15) is 0 Å². The van der Waals surface area contributed by atoms with Crippen LogP contribution >= 0.6 is 0 Å². The zero-order chi connectivity index (χ0) is 32.7. The Morgan fingerprint density at radius 3 is 0.891 bits per heavy atom. The first kappa shape index (κ1) is 31.2. The van der Waals surface area contributed by atoms with Gasteiger partial charge in [-0.05, 0) is 132 Å². The highest BCUT2D eigenvalue weighted by atomic mass is 14.7. The monoisotopic (exact) mass is 599 g/mol. The van der Waals surface area contributed by atoms with Crippen LogP contribution in [0.5, 0.6) is 0 Å². The molecular weight excluding hydrogens is 557 g/mol. The molecule has 0 saturated carbocycles. The molecule has 3 nitrogen and oxygen atoms in total. The molecule has 6 rings (SSSR count). The smallest absolute Gasteiger partial charge is 0.243 e. The lowest BCUT2D eigenvalue weighted by Gasteiger charge is -2.30. The lowest BCUT2D eigenvalue weighted by molar-refractivity contribution is 1.26. The van der Waals surface area contributed by atoms with Crippen molar-refractivity contribution in [1.29, 1.82) is 0 Å². The Morgan fingerprint density at radius 1 is 0.370 bits per heavy atom. The molecule has 0 N–H and O–H groups in total. The lowest BCUT2D eigenvalue weighted by atomic mass is 9.32. The number of benzene rings is 3. The molecule has 0 aliphatic rings. The highest BCUT2D eigenvalue weighted by molar-refractivity contribution is 6.97. The van der Waals surface area contributed by atoms with Gasteiger partial charge in [0.15, 0.2) is 0 Å². The van der Waals surface area contributed by atoms with Gasteiger partial charge in [-0.1, -0.05) is 69.5 Å². The Hall–Kier alpha value is -4.83. The van der Waals surface area contributed by atoms with E-state index in [1.165, 1.54) is 83.1 Å². The van der Waals surface area contributed by atoms with Gasteiger partial charge in [0.1, 0.15) is 0 Å². The Morgan fingerprint density at radius 2 is 0.652 bits per heavy atom. The van der Waals surface area contributed by atoms with E-state index in [1.54, 1.807) is 0 Å². The number of aryl methyl sites for hydroxylation is 6. The molecule has 0 bridgehead atoms. The van der Waals surface area contributed by atoms with Crippen LogP contribution in [0.1, 0.15) is 50.1 Å². The quantitative estimate of drug-likeness (QED) is 0.181. The van der Waals surface area contributed by atoms with Crippen molar-refractivity contribution in [2.75, 3.05) is 0 Å². The molecule has 0 saturated heterocycles. The van der Waals surface area contributed by atoms with Gasteiger partial charge in [-0.3, -0.25) is 15.0 Å². The van der Waals surface area contributed by atoms with Crippen LogP contribution in [0.3, 0.4) is 0 Å². The van der Waals surface area contributed by atoms with E-state index in [0.29, 0.717) is 0 Å². The average Bonchev–Trinajstić information content (AvgIpc) is 3.02. The van der Waals surface area contributed by atoms with E-state index in [1.807, 2.05) is 36.8 Å². The van der Waals surface area contributed by atoms with Crippen LogP contribution < -0.4 is 16.4 Å². The standard InChI is InChI=1S/C42H42BN3/c1-25-22-28(4)40(31(7)37(25)34-16-10-13-19-44-34)43(41-29(5)23-26(2)38(32(41)8)35-17-11-14-20-45-35)42-30(6)24-27(3)39(33(42)9)36-18-12-15-21-46-36/h10-24H,1-9H3. The molecule has 228 valence electrons. The van der Waals surface area contributed by atoms with Crippen molar-refractivity contribution in [3.05, 3.63) is 141 Å². The van der Waals surface area contributed by atoms with E-state index in [-0.39, 0.29) is 6.71 Å². The van der Waals surface area contributed by atoms with Crippen molar-refractivity contribution in [3.63, 3.8) is 0 Å². The first-order valence-corrected chi connectivity index (χ1v) is 16.2. The predicted molar refractivity (Wildman–Crippen MR) is 196 cm³/mol. The number of aromatic nitrogens is 3. The molecule has 0 fully saturated rings. The second-order valence-electron chi connectivity index (χ2n) is 12.9. The van der Waals surface area contributed by atoms with Gasteiger partial charge in [-0.2, -0.15) is 0 Å². The first-order chi connectivity index (χ1) is 22.1. The Balaban J connectivity index is 1.77. The topological polar surface area (TPSA) is 38.7 Å². The van der Waals surface area contributed by atoms with Gasteiger partial charge in [0.25, 0.3) is 0 Å². The number of nitrogens with zero attached hydrogens (tertiary/aromatic N) is 3. The van der Waals surface area contributed by atoms with Crippen LogP contribution in [0.15, 0.2) is 91.4 Å². The molecule has 4 heteroatoms. The lowest BCUT2D eigenvalue weighted by Crippen LogP contribution is -2.58. The Labute approximate surface area is 274 Å². The van der Waals surface area contributed by atoms with Crippen molar-refractivity contribution in [3.8, 4) is 33.8 Å². The van der Waals surface area contributed by atoms with Crippen molar-refractivity contribution in [2.45, 2.75) is 62.3 Å². The summed E-state index contributed by atoms with van der Waals surface area (Å²) in [5.41, 5.74) is 22.1. The van der Waals surface area contributed by atoms with Crippen LogP contribution in [0.2, 0.25) is 0 Å². The SMILES string of the molecule is Cc1cc(C)c(-c2ccccn2)c(C)c1B(c1c(C)cc(C)c(-c2ccccn2)c1C)c1c(C)cc(C)c(-c2ccccn2)c1C. The van der Waals surface area contributed by atoms with Gasteiger partial charge >= 0.3 is 0 Å². The summed E-state index contributed by atoms with van der Waals surface area (Å²) in [5, 5.41) is 0. The molecule has 3 aromatic carbocycles. The zero-order valence-corrected chi connectivity index (χ0v) is 28.6. The summed E-state index contributed by atoms with van der Waals surface area (Å²) >= 11 is 0. The van der Waals surface area contributed by atoms with E-state index >= 15 is 0 Å². The van der Waals surface area contributed by atoms with Crippen LogP contribution in [0.25, 0.3) is 33.8 Å². The largest absolute Gasteiger partial charge is 0.256 e. The minimum atomic E-state index is -0.0193.